The summed E-state index contributed by atoms with van der Waals surface area (Å²) in [6.07, 6.45) is 0. The number of carbonyl (C=O) groups excluding carboxylic acids is 2. The first kappa shape index (κ1) is 17.1. The first-order chi connectivity index (χ1) is 11.9. The maximum absolute atomic E-state index is 12.7. The first-order valence-electron chi connectivity index (χ1n) is 8.31. The lowest BCUT2D eigenvalue weighted by Gasteiger charge is -2.35. The molecule has 2 aromatic rings. The molecule has 1 aromatic carbocycles. The van der Waals surface area contributed by atoms with Gasteiger partial charge in [0.2, 0.25) is 0 Å². The molecule has 0 spiro atoms. The van der Waals surface area contributed by atoms with Gasteiger partial charge in [-0.15, -0.1) is 0 Å². The van der Waals surface area contributed by atoms with Gasteiger partial charge in [-0.05, 0) is 32.0 Å². The highest BCUT2D eigenvalue weighted by atomic mass is 16.4. The summed E-state index contributed by atoms with van der Waals surface area (Å²) in [6, 6.07) is 4.94. The van der Waals surface area contributed by atoms with Gasteiger partial charge >= 0.3 is 11.8 Å². The van der Waals surface area contributed by atoms with Crippen LogP contribution < -0.4 is 11.1 Å². The van der Waals surface area contributed by atoms with Gasteiger partial charge in [-0.25, -0.2) is 9.59 Å². The second-order valence-electron chi connectivity index (χ2n) is 6.49. The van der Waals surface area contributed by atoms with E-state index in [1.807, 2.05) is 13.8 Å². The Labute approximate surface area is 145 Å². The summed E-state index contributed by atoms with van der Waals surface area (Å²) >= 11 is 0. The molecule has 1 fully saturated rings. The monoisotopic (exact) mass is 346 g/mol. The molecule has 0 atom stereocenters. The minimum absolute atomic E-state index is 0.0838. The van der Waals surface area contributed by atoms with Crippen LogP contribution in [0.2, 0.25) is 0 Å². The Morgan fingerprint density at radius 1 is 1.12 bits per heavy atom. The van der Waals surface area contributed by atoms with Crippen molar-refractivity contribution in [2.45, 2.75) is 19.9 Å². The zero-order valence-corrected chi connectivity index (χ0v) is 14.6. The van der Waals surface area contributed by atoms with Crippen LogP contribution in [0.25, 0.3) is 11.1 Å². The van der Waals surface area contributed by atoms with E-state index in [4.69, 9.17) is 4.42 Å². The molecule has 2 heterocycles. The molecule has 0 radical (unpaired) electrons. The van der Waals surface area contributed by atoms with Gasteiger partial charge in [-0.1, -0.05) is 0 Å². The van der Waals surface area contributed by atoms with E-state index in [2.05, 4.69) is 5.32 Å². The van der Waals surface area contributed by atoms with E-state index >= 15 is 0 Å². The van der Waals surface area contributed by atoms with Crippen LogP contribution in [0.15, 0.2) is 27.4 Å². The molecule has 1 saturated heterocycles. The van der Waals surface area contributed by atoms with E-state index in [1.54, 1.807) is 35.0 Å². The molecule has 1 aliphatic rings. The van der Waals surface area contributed by atoms with Gasteiger partial charge in [0, 0.05) is 44.8 Å². The van der Waals surface area contributed by atoms with Gasteiger partial charge in [0.05, 0.1) is 5.52 Å². The number of urea groups is 1. The fraction of sp³-hybridized carbons (Fsp3) is 0.471. The lowest BCUT2D eigenvalue weighted by atomic mass is 10.1. The molecule has 0 saturated carbocycles. The number of amides is 3. The highest BCUT2D eigenvalue weighted by Crippen LogP contribution is 2.16. The maximum Gasteiger partial charge on any atom is 0.419 e. The normalized spacial score (nSPS) is 15.0. The number of oxazole rings is 1. The number of rotatable bonds is 2. The third-order valence-corrected chi connectivity index (χ3v) is 4.30. The quantitative estimate of drug-likeness (QED) is 0.879. The zero-order chi connectivity index (χ0) is 18.1. The number of hydrogen-bond donors (Lipinski definition) is 1. The Morgan fingerprint density at radius 3 is 2.40 bits per heavy atom. The maximum atomic E-state index is 12.7. The Balaban J connectivity index is 1.69. The molecule has 0 bridgehead atoms. The van der Waals surface area contributed by atoms with Gasteiger partial charge < -0.3 is 19.5 Å². The van der Waals surface area contributed by atoms with Gasteiger partial charge in [0.25, 0.3) is 5.91 Å². The zero-order valence-electron chi connectivity index (χ0n) is 14.6. The number of nitrogens with one attached hydrogen (secondary N) is 1. The number of hydrogen-bond acceptors (Lipinski definition) is 4. The fourth-order valence-electron chi connectivity index (χ4n) is 2.89. The van der Waals surface area contributed by atoms with Crippen LogP contribution in [-0.4, -0.2) is 58.5 Å². The van der Waals surface area contributed by atoms with Crippen LogP contribution in [0.4, 0.5) is 4.79 Å². The third-order valence-electron chi connectivity index (χ3n) is 4.30. The molecule has 3 amide bonds. The Hall–Kier alpha value is -2.77. The van der Waals surface area contributed by atoms with Crippen molar-refractivity contribution in [3.8, 4) is 0 Å². The van der Waals surface area contributed by atoms with Crippen molar-refractivity contribution >= 4 is 23.0 Å². The minimum Gasteiger partial charge on any atom is -0.408 e. The number of benzene rings is 1. The summed E-state index contributed by atoms with van der Waals surface area (Å²) in [4.78, 5) is 39.7. The summed E-state index contributed by atoms with van der Waals surface area (Å²) < 4.78 is 6.46. The van der Waals surface area contributed by atoms with E-state index in [-0.39, 0.29) is 18.0 Å². The van der Waals surface area contributed by atoms with Gasteiger partial charge in [-0.3, -0.25) is 9.36 Å². The molecular formula is C17H22N4O4. The summed E-state index contributed by atoms with van der Waals surface area (Å²) in [7, 11) is 1.61. The van der Waals surface area contributed by atoms with Gasteiger partial charge in [0.15, 0.2) is 5.58 Å². The average molecular weight is 346 g/mol. The molecule has 1 aromatic heterocycles. The molecule has 1 aliphatic heterocycles. The molecule has 8 nitrogen and oxygen atoms in total. The SMILES string of the molecule is CC(C)NC(=O)N1CCN(C(=O)c2ccc3oc(=O)n(C)c3c2)CC1. The lowest BCUT2D eigenvalue weighted by molar-refractivity contribution is 0.0664. The van der Waals surface area contributed by atoms with Crippen LogP contribution in [0.3, 0.4) is 0 Å². The Bertz CT molecular complexity index is 859. The smallest absolute Gasteiger partial charge is 0.408 e. The van der Waals surface area contributed by atoms with Crippen molar-refractivity contribution in [2.75, 3.05) is 26.2 Å². The minimum atomic E-state index is -0.454. The number of carbonyl (C=O) groups is 2. The molecule has 134 valence electrons. The number of piperazine rings is 1. The van der Waals surface area contributed by atoms with Crippen LogP contribution in [0.5, 0.6) is 0 Å². The number of fused-ring (bicyclic) bond motifs is 1. The standard InChI is InChI=1S/C17H22N4O4/c1-11(2)18-16(23)21-8-6-20(7-9-21)15(22)12-4-5-14-13(10-12)19(3)17(24)25-14/h4-5,10-11H,6-9H2,1-3H3,(H,18,23). The highest BCUT2D eigenvalue weighted by molar-refractivity contribution is 5.97. The number of aryl methyl sites for hydroxylation is 1. The summed E-state index contributed by atoms with van der Waals surface area (Å²) in [5.41, 5.74) is 1.55. The third kappa shape index (κ3) is 3.38. The van der Waals surface area contributed by atoms with E-state index in [1.165, 1.54) is 4.57 Å². The average Bonchev–Trinajstić information content (AvgIpc) is 2.88. The second-order valence-corrected chi connectivity index (χ2v) is 6.49. The van der Waals surface area contributed by atoms with Crippen molar-refractivity contribution in [1.29, 1.82) is 0 Å². The highest BCUT2D eigenvalue weighted by Gasteiger charge is 2.25. The molecule has 0 unspecified atom stereocenters. The van der Waals surface area contributed by atoms with Crippen LogP contribution in [-0.2, 0) is 7.05 Å². The first-order valence-corrected chi connectivity index (χ1v) is 8.31. The lowest BCUT2D eigenvalue weighted by Crippen LogP contribution is -2.54. The summed E-state index contributed by atoms with van der Waals surface area (Å²) in [5.74, 6) is -0.566. The molecule has 0 aliphatic carbocycles. The van der Waals surface area contributed by atoms with E-state index in [0.29, 0.717) is 42.8 Å². The number of nitrogens with zero attached hydrogens (tertiary/aromatic N) is 3. The van der Waals surface area contributed by atoms with Crippen molar-refractivity contribution in [3.05, 3.63) is 34.3 Å². The molecule has 8 heteroatoms. The fourth-order valence-corrected chi connectivity index (χ4v) is 2.89. The summed E-state index contributed by atoms with van der Waals surface area (Å²) in [6.45, 7) is 5.78. The van der Waals surface area contributed by atoms with Crippen LogP contribution in [0.1, 0.15) is 24.2 Å². The Kier molecular flexibility index (Phi) is 4.52. The van der Waals surface area contributed by atoms with Crippen molar-refractivity contribution in [2.24, 2.45) is 7.05 Å². The molecular weight excluding hydrogens is 324 g/mol. The predicted molar refractivity (Wildman–Crippen MR) is 92.6 cm³/mol. The van der Waals surface area contributed by atoms with Gasteiger partial charge in [0.1, 0.15) is 0 Å². The Morgan fingerprint density at radius 2 is 1.76 bits per heavy atom. The summed E-state index contributed by atoms with van der Waals surface area (Å²) in [5, 5.41) is 2.86. The second kappa shape index (κ2) is 6.62. The van der Waals surface area contributed by atoms with Crippen molar-refractivity contribution in [3.63, 3.8) is 0 Å². The number of aromatic nitrogens is 1. The van der Waals surface area contributed by atoms with E-state index < -0.39 is 5.76 Å². The van der Waals surface area contributed by atoms with Crippen LogP contribution >= 0.6 is 0 Å². The van der Waals surface area contributed by atoms with E-state index in [0.717, 1.165) is 0 Å². The molecule has 25 heavy (non-hydrogen) atoms. The predicted octanol–water partition coefficient (Wildman–Crippen LogP) is 1.01. The largest absolute Gasteiger partial charge is 0.419 e. The van der Waals surface area contributed by atoms with E-state index in [9.17, 15) is 14.4 Å². The van der Waals surface area contributed by atoms with Gasteiger partial charge in [-0.2, -0.15) is 0 Å². The van der Waals surface area contributed by atoms with Crippen LogP contribution in [0, 0.1) is 0 Å². The molecule has 1 N–H and O–H groups in total. The van der Waals surface area contributed by atoms with Crippen molar-refractivity contribution in [1.82, 2.24) is 19.7 Å². The topological polar surface area (TPSA) is 87.8 Å². The van der Waals surface area contributed by atoms with Crippen molar-refractivity contribution < 1.29 is 14.0 Å². The molecule has 3 rings (SSSR count).